The summed E-state index contributed by atoms with van der Waals surface area (Å²) in [6.07, 6.45) is 4.10. The van der Waals surface area contributed by atoms with Crippen molar-refractivity contribution < 1.29 is 0 Å². The van der Waals surface area contributed by atoms with Gasteiger partial charge in [0.25, 0.3) is 5.56 Å². The van der Waals surface area contributed by atoms with Crippen LogP contribution in [0.5, 0.6) is 0 Å². The summed E-state index contributed by atoms with van der Waals surface area (Å²) in [6, 6.07) is 7.99. The van der Waals surface area contributed by atoms with E-state index >= 15 is 0 Å². The van der Waals surface area contributed by atoms with Crippen molar-refractivity contribution in [3.05, 3.63) is 52.1 Å². The predicted molar refractivity (Wildman–Crippen MR) is 85.5 cm³/mol. The fourth-order valence-electron chi connectivity index (χ4n) is 2.95. The molecule has 0 amide bonds. The number of fused-ring (bicyclic) bond motifs is 1. The van der Waals surface area contributed by atoms with Gasteiger partial charge >= 0.3 is 0 Å². The van der Waals surface area contributed by atoms with E-state index in [1.807, 2.05) is 38.1 Å². The van der Waals surface area contributed by atoms with Gasteiger partial charge in [-0.2, -0.15) is 10.2 Å². The summed E-state index contributed by atoms with van der Waals surface area (Å²) in [7, 11) is 0. The molecule has 1 saturated carbocycles. The number of aryl methyl sites for hydroxylation is 2. The maximum Gasteiger partial charge on any atom is 0.293 e. The zero-order valence-corrected chi connectivity index (χ0v) is 12.8. The highest BCUT2D eigenvalue weighted by molar-refractivity contribution is 5.82. The van der Waals surface area contributed by atoms with Crippen LogP contribution in [0.15, 0.2) is 35.3 Å². The lowest BCUT2D eigenvalue weighted by Gasteiger charge is -2.09. The Kier molecular flexibility index (Phi) is 2.89. The lowest BCUT2D eigenvalue weighted by molar-refractivity contribution is 0.605. The molecular formula is C17H18N4O. The number of nitrogens with zero attached hydrogens (tertiary/aromatic N) is 4. The number of aromatic nitrogens is 4. The molecule has 0 radical (unpaired) electrons. The molecule has 4 rings (SSSR count). The number of para-hydroxylation sites is 1. The molecule has 0 unspecified atom stereocenters. The van der Waals surface area contributed by atoms with Crippen molar-refractivity contribution in [1.29, 1.82) is 0 Å². The van der Waals surface area contributed by atoms with Crippen molar-refractivity contribution in [3.8, 4) is 5.69 Å². The topological polar surface area (TPSA) is 52.7 Å². The van der Waals surface area contributed by atoms with E-state index in [-0.39, 0.29) is 5.56 Å². The van der Waals surface area contributed by atoms with Crippen molar-refractivity contribution in [2.24, 2.45) is 0 Å². The molecule has 0 bridgehead atoms. The first kappa shape index (κ1) is 13.2. The number of hydrogen-bond donors (Lipinski definition) is 0. The first-order valence-electron chi connectivity index (χ1n) is 7.75. The van der Waals surface area contributed by atoms with Crippen LogP contribution in [0.3, 0.4) is 0 Å². The Morgan fingerprint density at radius 1 is 1.27 bits per heavy atom. The van der Waals surface area contributed by atoms with Crippen LogP contribution in [0, 0.1) is 6.92 Å². The molecule has 0 aliphatic heterocycles. The number of hydrogen-bond acceptors (Lipinski definition) is 3. The van der Waals surface area contributed by atoms with E-state index in [9.17, 15) is 4.79 Å². The van der Waals surface area contributed by atoms with E-state index < -0.39 is 0 Å². The second-order valence-electron chi connectivity index (χ2n) is 5.89. The van der Waals surface area contributed by atoms with Crippen molar-refractivity contribution in [1.82, 2.24) is 19.6 Å². The quantitative estimate of drug-likeness (QED) is 0.746. The monoisotopic (exact) mass is 294 g/mol. The second-order valence-corrected chi connectivity index (χ2v) is 5.89. The smallest absolute Gasteiger partial charge is 0.265 e. The molecule has 0 N–H and O–H groups in total. The van der Waals surface area contributed by atoms with Gasteiger partial charge in [0.15, 0.2) is 0 Å². The largest absolute Gasteiger partial charge is 0.293 e. The van der Waals surface area contributed by atoms with Crippen LogP contribution in [-0.2, 0) is 6.54 Å². The standard InChI is InChI=1S/C17H18N4O/c1-3-20-17(22)16-13(15(19-20)12-8-9-12)10-18-21(16)14-7-5-4-6-11(14)2/h4-7,10,12H,3,8-9H2,1-2H3. The molecule has 22 heavy (non-hydrogen) atoms. The summed E-state index contributed by atoms with van der Waals surface area (Å²) in [5, 5.41) is 9.96. The maximum absolute atomic E-state index is 12.8. The van der Waals surface area contributed by atoms with Gasteiger partial charge in [-0.05, 0) is 38.3 Å². The third kappa shape index (κ3) is 1.89. The first-order chi connectivity index (χ1) is 10.7. The molecule has 0 atom stereocenters. The van der Waals surface area contributed by atoms with Gasteiger partial charge < -0.3 is 0 Å². The molecule has 1 aliphatic carbocycles. The van der Waals surface area contributed by atoms with Crippen LogP contribution < -0.4 is 5.56 Å². The molecule has 112 valence electrons. The summed E-state index contributed by atoms with van der Waals surface area (Å²) < 4.78 is 3.33. The average molecular weight is 294 g/mol. The van der Waals surface area contributed by atoms with Gasteiger partial charge in [0.1, 0.15) is 5.52 Å². The number of benzene rings is 1. The van der Waals surface area contributed by atoms with E-state index in [2.05, 4.69) is 10.2 Å². The maximum atomic E-state index is 12.8. The van der Waals surface area contributed by atoms with E-state index in [1.165, 1.54) is 0 Å². The highest BCUT2D eigenvalue weighted by atomic mass is 16.1. The molecule has 0 saturated heterocycles. The van der Waals surface area contributed by atoms with Crippen LogP contribution >= 0.6 is 0 Å². The van der Waals surface area contributed by atoms with Crippen molar-refractivity contribution in [2.75, 3.05) is 0 Å². The fraction of sp³-hybridized carbons (Fsp3) is 0.353. The third-order valence-corrected chi connectivity index (χ3v) is 4.32. The molecule has 2 aromatic heterocycles. The summed E-state index contributed by atoms with van der Waals surface area (Å²) in [5.74, 6) is 0.482. The van der Waals surface area contributed by atoms with E-state index in [1.54, 1.807) is 15.6 Å². The molecule has 3 aromatic rings. The Morgan fingerprint density at radius 3 is 2.73 bits per heavy atom. The van der Waals surface area contributed by atoms with Gasteiger partial charge in [-0.25, -0.2) is 9.36 Å². The van der Waals surface area contributed by atoms with Crippen LogP contribution in [0.2, 0.25) is 0 Å². The minimum absolute atomic E-state index is 0.0670. The van der Waals surface area contributed by atoms with Gasteiger partial charge in [-0.3, -0.25) is 4.79 Å². The Morgan fingerprint density at radius 2 is 2.05 bits per heavy atom. The van der Waals surface area contributed by atoms with Crippen molar-refractivity contribution in [3.63, 3.8) is 0 Å². The Balaban J connectivity index is 2.08. The summed E-state index contributed by atoms with van der Waals surface area (Å²) in [5.41, 5.74) is 3.65. The molecule has 1 fully saturated rings. The molecule has 5 heteroatoms. The lowest BCUT2D eigenvalue weighted by Crippen LogP contribution is -2.25. The zero-order valence-electron chi connectivity index (χ0n) is 12.8. The predicted octanol–water partition coefficient (Wildman–Crippen LogP) is 2.79. The molecular weight excluding hydrogens is 276 g/mol. The second kappa shape index (κ2) is 4.80. The molecule has 5 nitrogen and oxygen atoms in total. The SMILES string of the molecule is CCn1nc(C2CC2)c2cnn(-c3ccccc3C)c2c1=O. The van der Waals surface area contributed by atoms with E-state index in [4.69, 9.17) is 0 Å². The van der Waals surface area contributed by atoms with Crippen LogP contribution in [0.1, 0.15) is 36.9 Å². The Bertz CT molecular complexity index is 918. The number of rotatable bonds is 3. The zero-order chi connectivity index (χ0) is 15.3. The Hall–Kier alpha value is -2.43. The normalized spacial score (nSPS) is 14.6. The summed E-state index contributed by atoms with van der Waals surface area (Å²) >= 11 is 0. The van der Waals surface area contributed by atoms with Gasteiger partial charge in [0, 0.05) is 17.8 Å². The van der Waals surface area contributed by atoms with E-state index in [0.717, 1.165) is 35.2 Å². The fourth-order valence-corrected chi connectivity index (χ4v) is 2.95. The van der Waals surface area contributed by atoms with Crippen LogP contribution in [0.25, 0.3) is 16.6 Å². The van der Waals surface area contributed by atoms with E-state index in [0.29, 0.717) is 18.0 Å². The van der Waals surface area contributed by atoms with Gasteiger partial charge in [0.2, 0.25) is 0 Å². The van der Waals surface area contributed by atoms with Crippen LogP contribution in [0.4, 0.5) is 0 Å². The molecule has 1 aromatic carbocycles. The first-order valence-corrected chi connectivity index (χ1v) is 7.75. The molecule has 1 aliphatic rings. The molecule has 2 heterocycles. The van der Waals surface area contributed by atoms with Gasteiger partial charge in [-0.1, -0.05) is 18.2 Å². The summed E-state index contributed by atoms with van der Waals surface area (Å²) in [4.78, 5) is 12.8. The molecule has 0 spiro atoms. The lowest BCUT2D eigenvalue weighted by atomic mass is 10.2. The minimum atomic E-state index is -0.0670. The van der Waals surface area contributed by atoms with Gasteiger partial charge in [-0.15, -0.1) is 0 Å². The average Bonchev–Trinajstić information content (AvgIpc) is 3.27. The van der Waals surface area contributed by atoms with Crippen molar-refractivity contribution in [2.45, 2.75) is 39.2 Å². The highest BCUT2D eigenvalue weighted by Gasteiger charge is 2.30. The minimum Gasteiger partial charge on any atom is -0.265 e. The van der Waals surface area contributed by atoms with Crippen LogP contribution in [-0.4, -0.2) is 19.6 Å². The summed E-state index contributed by atoms with van der Waals surface area (Å²) in [6.45, 7) is 4.56. The van der Waals surface area contributed by atoms with Gasteiger partial charge in [0.05, 0.1) is 17.6 Å². The third-order valence-electron chi connectivity index (χ3n) is 4.32. The Labute approximate surface area is 128 Å². The highest BCUT2D eigenvalue weighted by Crippen LogP contribution is 2.41. The van der Waals surface area contributed by atoms with Crippen molar-refractivity contribution >= 4 is 10.9 Å².